The van der Waals surface area contributed by atoms with E-state index in [1.807, 2.05) is 42.5 Å². The van der Waals surface area contributed by atoms with Crippen LogP contribution in [-0.2, 0) is 13.0 Å². The Morgan fingerprint density at radius 2 is 1.73 bits per heavy atom. The number of rotatable bonds is 5. The lowest BCUT2D eigenvalue weighted by Gasteiger charge is -2.05. The molecule has 0 atom stereocenters. The SMILES string of the molecule is O=c1ccc(-c2ccccc2)nn1CCc1nc(-c2ccncc2)no1. The van der Waals surface area contributed by atoms with E-state index >= 15 is 0 Å². The van der Waals surface area contributed by atoms with Gasteiger partial charge in [0.1, 0.15) is 0 Å². The highest BCUT2D eigenvalue weighted by atomic mass is 16.5. The summed E-state index contributed by atoms with van der Waals surface area (Å²) in [6.45, 7) is 0.359. The normalized spacial score (nSPS) is 10.8. The molecule has 0 saturated heterocycles. The molecular weight excluding hydrogens is 330 g/mol. The van der Waals surface area contributed by atoms with E-state index in [1.165, 1.54) is 10.7 Å². The van der Waals surface area contributed by atoms with Crippen molar-refractivity contribution in [2.45, 2.75) is 13.0 Å². The van der Waals surface area contributed by atoms with E-state index in [2.05, 4.69) is 20.2 Å². The fourth-order valence-corrected chi connectivity index (χ4v) is 2.55. The van der Waals surface area contributed by atoms with Crippen molar-refractivity contribution in [3.8, 4) is 22.6 Å². The van der Waals surface area contributed by atoms with Gasteiger partial charge >= 0.3 is 0 Å². The van der Waals surface area contributed by atoms with E-state index in [1.54, 1.807) is 18.5 Å². The smallest absolute Gasteiger partial charge is 0.266 e. The average Bonchev–Trinajstić information content (AvgIpc) is 3.18. The molecule has 128 valence electrons. The highest BCUT2D eigenvalue weighted by molar-refractivity contribution is 5.57. The van der Waals surface area contributed by atoms with Crippen LogP contribution in [-0.4, -0.2) is 24.9 Å². The van der Waals surface area contributed by atoms with Crippen LogP contribution < -0.4 is 5.56 Å². The topological polar surface area (TPSA) is 86.7 Å². The monoisotopic (exact) mass is 345 g/mol. The zero-order chi connectivity index (χ0) is 17.8. The summed E-state index contributed by atoms with van der Waals surface area (Å²) in [6.07, 6.45) is 3.76. The maximum atomic E-state index is 12.1. The number of pyridine rings is 1. The quantitative estimate of drug-likeness (QED) is 0.552. The molecule has 3 heterocycles. The first-order chi connectivity index (χ1) is 12.8. The summed E-state index contributed by atoms with van der Waals surface area (Å²) in [6, 6.07) is 16.6. The fourth-order valence-electron chi connectivity index (χ4n) is 2.55. The molecule has 0 aliphatic heterocycles. The number of hydrogen-bond acceptors (Lipinski definition) is 6. The van der Waals surface area contributed by atoms with Gasteiger partial charge in [-0.3, -0.25) is 9.78 Å². The van der Waals surface area contributed by atoms with Crippen molar-refractivity contribution in [3.63, 3.8) is 0 Å². The molecule has 7 heteroatoms. The molecule has 0 aliphatic rings. The van der Waals surface area contributed by atoms with Crippen LogP contribution in [0.1, 0.15) is 5.89 Å². The number of benzene rings is 1. The van der Waals surface area contributed by atoms with E-state index in [0.29, 0.717) is 24.7 Å². The summed E-state index contributed by atoms with van der Waals surface area (Å²) in [5.74, 6) is 0.955. The van der Waals surface area contributed by atoms with Gasteiger partial charge < -0.3 is 4.52 Å². The Hall–Kier alpha value is -3.61. The van der Waals surface area contributed by atoms with Crippen molar-refractivity contribution < 1.29 is 4.52 Å². The third kappa shape index (κ3) is 3.41. The number of aryl methyl sites for hydroxylation is 2. The molecule has 0 aliphatic carbocycles. The lowest BCUT2D eigenvalue weighted by Crippen LogP contribution is -2.23. The zero-order valence-electron chi connectivity index (χ0n) is 13.8. The van der Waals surface area contributed by atoms with E-state index in [4.69, 9.17) is 4.52 Å². The Morgan fingerprint density at radius 1 is 0.923 bits per heavy atom. The van der Waals surface area contributed by atoms with Gasteiger partial charge in [-0.1, -0.05) is 35.5 Å². The predicted octanol–water partition coefficient (Wildman–Crippen LogP) is 2.60. The number of aromatic nitrogens is 5. The summed E-state index contributed by atoms with van der Waals surface area (Å²) >= 11 is 0. The molecule has 4 aromatic rings. The van der Waals surface area contributed by atoms with Gasteiger partial charge in [0.05, 0.1) is 12.2 Å². The van der Waals surface area contributed by atoms with Gasteiger partial charge in [-0.15, -0.1) is 0 Å². The minimum atomic E-state index is -0.168. The summed E-state index contributed by atoms with van der Waals surface area (Å²) in [7, 11) is 0. The molecule has 0 saturated carbocycles. The largest absolute Gasteiger partial charge is 0.339 e. The molecular formula is C19H15N5O2. The Labute approximate surface area is 149 Å². The lowest BCUT2D eigenvalue weighted by atomic mass is 10.1. The van der Waals surface area contributed by atoms with Crippen molar-refractivity contribution in [1.82, 2.24) is 24.9 Å². The van der Waals surface area contributed by atoms with Crippen LogP contribution in [0.3, 0.4) is 0 Å². The first-order valence-corrected chi connectivity index (χ1v) is 8.16. The second-order valence-electron chi connectivity index (χ2n) is 5.64. The molecule has 7 nitrogen and oxygen atoms in total. The highest BCUT2D eigenvalue weighted by Crippen LogP contribution is 2.15. The van der Waals surface area contributed by atoms with Crippen molar-refractivity contribution in [2.75, 3.05) is 0 Å². The molecule has 0 bridgehead atoms. The number of nitrogens with zero attached hydrogens (tertiary/aromatic N) is 5. The molecule has 3 aromatic heterocycles. The van der Waals surface area contributed by atoms with E-state index < -0.39 is 0 Å². The Balaban J connectivity index is 1.52. The standard InChI is InChI=1S/C19H15N5O2/c25-18-7-6-16(14-4-2-1-3-5-14)22-24(18)13-10-17-21-19(23-26-17)15-8-11-20-12-9-15/h1-9,11-12H,10,13H2. The molecule has 26 heavy (non-hydrogen) atoms. The maximum absolute atomic E-state index is 12.1. The fraction of sp³-hybridized carbons (Fsp3) is 0.105. The van der Waals surface area contributed by atoms with Gasteiger partial charge in [0.2, 0.25) is 11.7 Å². The van der Waals surface area contributed by atoms with E-state index in [-0.39, 0.29) is 5.56 Å². The van der Waals surface area contributed by atoms with Gasteiger partial charge in [0.15, 0.2) is 0 Å². The molecule has 0 amide bonds. The molecule has 0 unspecified atom stereocenters. The Bertz CT molecular complexity index is 1060. The first kappa shape index (κ1) is 15.9. The highest BCUT2D eigenvalue weighted by Gasteiger charge is 2.10. The second-order valence-corrected chi connectivity index (χ2v) is 5.64. The third-order valence-electron chi connectivity index (χ3n) is 3.88. The summed E-state index contributed by atoms with van der Waals surface area (Å²) < 4.78 is 6.69. The van der Waals surface area contributed by atoms with Crippen molar-refractivity contribution in [3.05, 3.63) is 83.2 Å². The lowest BCUT2D eigenvalue weighted by molar-refractivity contribution is 0.368. The Morgan fingerprint density at radius 3 is 2.54 bits per heavy atom. The molecule has 0 spiro atoms. The van der Waals surface area contributed by atoms with Gasteiger partial charge in [-0.05, 0) is 18.2 Å². The van der Waals surface area contributed by atoms with Gasteiger partial charge in [0, 0.05) is 36.0 Å². The summed E-state index contributed by atoms with van der Waals surface area (Å²) in [5.41, 5.74) is 2.36. The molecule has 1 aromatic carbocycles. The van der Waals surface area contributed by atoms with Crippen LogP contribution in [0.15, 0.2) is 76.3 Å². The van der Waals surface area contributed by atoms with Crippen LogP contribution in [0.4, 0.5) is 0 Å². The first-order valence-electron chi connectivity index (χ1n) is 8.16. The summed E-state index contributed by atoms with van der Waals surface area (Å²) in [5, 5.41) is 8.39. The van der Waals surface area contributed by atoms with Crippen molar-refractivity contribution >= 4 is 0 Å². The zero-order valence-corrected chi connectivity index (χ0v) is 13.8. The van der Waals surface area contributed by atoms with Crippen LogP contribution in [0.25, 0.3) is 22.6 Å². The van der Waals surface area contributed by atoms with E-state index in [0.717, 1.165) is 16.8 Å². The Kier molecular flexibility index (Phi) is 4.34. The third-order valence-corrected chi connectivity index (χ3v) is 3.88. The van der Waals surface area contributed by atoms with Crippen LogP contribution in [0.2, 0.25) is 0 Å². The van der Waals surface area contributed by atoms with Crippen LogP contribution in [0, 0.1) is 0 Å². The molecule has 0 radical (unpaired) electrons. The average molecular weight is 345 g/mol. The molecule has 0 N–H and O–H groups in total. The van der Waals surface area contributed by atoms with Crippen LogP contribution >= 0.6 is 0 Å². The van der Waals surface area contributed by atoms with Gasteiger partial charge in [-0.25, -0.2) is 4.68 Å². The van der Waals surface area contributed by atoms with Crippen molar-refractivity contribution in [2.24, 2.45) is 0 Å². The predicted molar refractivity (Wildman–Crippen MR) is 95.2 cm³/mol. The second kappa shape index (κ2) is 7.10. The minimum Gasteiger partial charge on any atom is -0.339 e. The number of hydrogen-bond donors (Lipinski definition) is 0. The van der Waals surface area contributed by atoms with Crippen LogP contribution in [0.5, 0.6) is 0 Å². The maximum Gasteiger partial charge on any atom is 0.266 e. The van der Waals surface area contributed by atoms with E-state index in [9.17, 15) is 4.79 Å². The molecule has 4 rings (SSSR count). The van der Waals surface area contributed by atoms with Gasteiger partial charge in [0.25, 0.3) is 5.56 Å². The van der Waals surface area contributed by atoms with Crippen molar-refractivity contribution in [1.29, 1.82) is 0 Å². The summed E-state index contributed by atoms with van der Waals surface area (Å²) in [4.78, 5) is 20.4. The molecule has 0 fully saturated rings. The van der Waals surface area contributed by atoms with Gasteiger partial charge in [-0.2, -0.15) is 10.1 Å². The minimum absolute atomic E-state index is 0.168.